The molecule has 3 aromatic rings. The molecule has 0 fully saturated rings. The Balaban J connectivity index is 1.76. The van der Waals surface area contributed by atoms with Gasteiger partial charge in [0.25, 0.3) is 7.37 Å². The summed E-state index contributed by atoms with van der Waals surface area (Å²) in [6, 6.07) is 22.5. The van der Waals surface area contributed by atoms with Crippen LogP contribution in [-0.2, 0) is 4.57 Å². The zero-order valence-corrected chi connectivity index (χ0v) is 16.1. The standard InChI is InChI=1S/C23H18NO3P/c1-23(14-20(25)18-10-2-5-11-19(18)24-15-23)28(26)22-13-7-4-9-17(22)16-8-3-6-12-21(16)27-28/h2-15,25H,1H3. The van der Waals surface area contributed by atoms with E-state index < -0.39 is 12.5 Å². The van der Waals surface area contributed by atoms with Crippen molar-refractivity contribution in [1.82, 2.24) is 0 Å². The predicted molar refractivity (Wildman–Crippen MR) is 113 cm³/mol. The highest BCUT2D eigenvalue weighted by Gasteiger charge is 2.50. The molecule has 2 atom stereocenters. The molecule has 0 bridgehead atoms. The number of nitrogens with zero attached hydrogens (tertiary/aromatic N) is 1. The van der Waals surface area contributed by atoms with Crippen LogP contribution in [0.3, 0.4) is 0 Å². The summed E-state index contributed by atoms with van der Waals surface area (Å²) in [5, 5.41) is 10.3. The maximum Gasteiger partial charge on any atom is 0.292 e. The van der Waals surface area contributed by atoms with Gasteiger partial charge in [-0.05, 0) is 42.8 Å². The Morgan fingerprint density at radius 1 is 0.893 bits per heavy atom. The van der Waals surface area contributed by atoms with Crippen molar-refractivity contribution in [2.24, 2.45) is 4.99 Å². The van der Waals surface area contributed by atoms with E-state index in [1.54, 1.807) is 25.3 Å². The number of para-hydroxylation sites is 2. The van der Waals surface area contributed by atoms with Crippen molar-refractivity contribution in [3.8, 4) is 16.9 Å². The van der Waals surface area contributed by atoms with Crippen LogP contribution < -0.4 is 9.83 Å². The minimum absolute atomic E-state index is 0.0470. The molecule has 0 aromatic heterocycles. The number of aliphatic hydroxyl groups is 1. The average Bonchev–Trinajstić information content (AvgIpc) is 2.85. The molecule has 0 saturated heterocycles. The van der Waals surface area contributed by atoms with Crippen LogP contribution in [0.1, 0.15) is 12.5 Å². The van der Waals surface area contributed by atoms with Crippen molar-refractivity contribution in [3.63, 3.8) is 0 Å². The van der Waals surface area contributed by atoms with Gasteiger partial charge in [-0.15, -0.1) is 0 Å². The van der Waals surface area contributed by atoms with Crippen molar-refractivity contribution in [2.45, 2.75) is 12.1 Å². The number of benzene rings is 3. The highest BCUT2D eigenvalue weighted by molar-refractivity contribution is 7.70. The van der Waals surface area contributed by atoms with Crippen molar-refractivity contribution >= 4 is 30.3 Å². The Hall–Kier alpha value is -3.10. The maximum atomic E-state index is 14.5. The summed E-state index contributed by atoms with van der Waals surface area (Å²) in [6.45, 7) is 1.80. The second-order valence-electron chi connectivity index (χ2n) is 7.19. The van der Waals surface area contributed by atoms with Gasteiger partial charge in [-0.2, -0.15) is 0 Å². The minimum Gasteiger partial charge on any atom is -0.508 e. The molecule has 0 saturated carbocycles. The zero-order chi connectivity index (χ0) is 19.4. The molecule has 1 N–H and O–H groups in total. The largest absolute Gasteiger partial charge is 0.508 e. The molecule has 4 nitrogen and oxygen atoms in total. The summed E-state index contributed by atoms with van der Waals surface area (Å²) in [7, 11) is -3.50. The molecule has 2 heterocycles. The Morgan fingerprint density at radius 3 is 2.36 bits per heavy atom. The summed E-state index contributed by atoms with van der Waals surface area (Å²) < 4.78 is 20.7. The molecule has 138 valence electrons. The molecule has 3 aromatic carbocycles. The van der Waals surface area contributed by atoms with Gasteiger partial charge in [-0.25, -0.2) is 0 Å². The number of fused-ring (bicyclic) bond motifs is 4. The van der Waals surface area contributed by atoms with Crippen molar-refractivity contribution < 1.29 is 14.2 Å². The Bertz CT molecular complexity index is 1210. The lowest BCUT2D eigenvalue weighted by atomic mass is 10.0. The first-order valence-electron chi connectivity index (χ1n) is 9.07. The monoisotopic (exact) mass is 387 g/mol. The molecular formula is C23H18NO3P. The number of allylic oxidation sites excluding steroid dienone is 1. The topological polar surface area (TPSA) is 58.9 Å². The van der Waals surface area contributed by atoms with Gasteiger partial charge in [0.15, 0.2) is 0 Å². The Labute approximate surface area is 163 Å². The highest BCUT2D eigenvalue weighted by atomic mass is 31.2. The van der Waals surface area contributed by atoms with Crippen molar-refractivity contribution in [2.75, 3.05) is 0 Å². The number of aliphatic imine (C=N–C) groups is 1. The van der Waals surface area contributed by atoms with E-state index in [9.17, 15) is 9.67 Å². The summed E-state index contributed by atoms with van der Waals surface area (Å²) >= 11 is 0. The van der Waals surface area contributed by atoms with E-state index >= 15 is 0 Å². The summed E-state index contributed by atoms with van der Waals surface area (Å²) in [5.41, 5.74) is 3.05. The minimum atomic E-state index is -3.50. The first kappa shape index (κ1) is 17.0. The third-order valence-corrected chi connectivity index (χ3v) is 8.32. The van der Waals surface area contributed by atoms with Crippen LogP contribution in [-0.4, -0.2) is 16.5 Å². The second kappa shape index (κ2) is 5.95. The third-order valence-electron chi connectivity index (χ3n) is 5.33. The molecule has 0 radical (unpaired) electrons. The van der Waals surface area contributed by atoms with E-state index in [-0.39, 0.29) is 5.76 Å². The van der Waals surface area contributed by atoms with Crippen molar-refractivity contribution in [3.05, 3.63) is 84.4 Å². The molecule has 0 spiro atoms. The predicted octanol–water partition coefficient (Wildman–Crippen LogP) is 5.72. The van der Waals surface area contributed by atoms with Gasteiger partial charge in [0, 0.05) is 17.3 Å². The van der Waals surface area contributed by atoms with Crippen LogP contribution in [0.25, 0.3) is 16.9 Å². The first-order chi connectivity index (χ1) is 13.5. The van der Waals surface area contributed by atoms with Gasteiger partial charge in [-0.3, -0.25) is 9.56 Å². The SMILES string of the molecule is CC1(P2(=O)Oc3ccccc3-c3ccccc32)C=Nc2ccccc2C(O)=C1. The smallest absolute Gasteiger partial charge is 0.292 e. The number of aliphatic hydroxyl groups excluding tert-OH is 1. The molecule has 0 aliphatic carbocycles. The van der Waals surface area contributed by atoms with Crippen LogP contribution in [0.15, 0.2) is 83.9 Å². The van der Waals surface area contributed by atoms with Crippen LogP contribution in [0, 0.1) is 0 Å². The van der Waals surface area contributed by atoms with Gasteiger partial charge < -0.3 is 9.63 Å². The molecule has 5 heteroatoms. The van der Waals surface area contributed by atoms with E-state index in [2.05, 4.69) is 4.99 Å². The summed E-state index contributed by atoms with van der Waals surface area (Å²) in [4.78, 5) is 4.55. The molecular weight excluding hydrogens is 369 g/mol. The molecule has 0 amide bonds. The van der Waals surface area contributed by atoms with Gasteiger partial charge in [-0.1, -0.05) is 48.5 Å². The van der Waals surface area contributed by atoms with E-state index in [1.807, 2.05) is 66.7 Å². The lowest BCUT2D eigenvalue weighted by Crippen LogP contribution is -2.35. The normalized spacial score (nSPS) is 24.8. The van der Waals surface area contributed by atoms with Crippen LogP contribution in [0.2, 0.25) is 0 Å². The van der Waals surface area contributed by atoms with Gasteiger partial charge >= 0.3 is 0 Å². The summed E-state index contributed by atoms with van der Waals surface area (Å²) in [6.07, 6.45) is 3.24. The maximum absolute atomic E-state index is 14.5. The third kappa shape index (κ3) is 2.31. The lowest BCUT2D eigenvalue weighted by Gasteiger charge is -2.36. The zero-order valence-electron chi connectivity index (χ0n) is 15.2. The Morgan fingerprint density at radius 2 is 1.54 bits per heavy atom. The molecule has 2 aliphatic rings. The number of hydrogen-bond acceptors (Lipinski definition) is 4. The van der Waals surface area contributed by atoms with Gasteiger partial charge in [0.2, 0.25) is 0 Å². The van der Waals surface area contributed by atoms with Gasteiger partial charge in [0.1, 0.15) is 16.7 Å². The second-order valence-corrected chi connectivity index (χ2v) is 9.92. The fourth-order valence-corrected chi connectivity index (χ4v) is 6.38. The van der Waals surface area contributed by atoms with Crippen LogP contribution in [0.5, 0.6) is 5.75 Å². The highest BCUT2D eigenvalue weighted by Crippen LogP contribution is 2.63. The van der Waals surface area contributed by atoms with Gasteiger partial charge in [0.05, 0.1) is 11.0 Å². The molecule has 28 heavy (non-hydrogen) atoms. The first-order valence-corrected chi connectivity index (χ1v) is 10.7. The van der Waals surface area contributed by atoms with E-state index in [1.165, 1.54) is 0 Å². The van der Waals surface area contributed by atoms with Crippen LogP contribution >= 0.6 is 7.37 Å². The quantitative estimate of drug-likeness (QED) is 0.543. The fraction of sp³-hybridized carbons (Fsp3) is 0.0870. The number of rotatable bonds is 1. The molecule has 2 aliphatic heterocycles. The van der Waals surface area contributed by atoms with Crippen LogP contribution in [0.4, 0.5) is 5.69 Å². The lowest BCUT2D eigenvalue weighted by molar-refractivity contribution is 0.476. The van der Waals surface area contributed by atoms with Crippen molar-refractivity contribution in [1.29, 1.82) is 0 Å². The average molecular weight is 387 g/mol. The van der Waals surface area contributed by atoms with E-state index in [4.69, 9.17) is 4.52 Å². The molecule has 5 rings (SSSR count). The fourth-order valence-electron chi connectivity index (χ4n) is 3.83. The summed E-state index contributed by atoms with van der Waals surface area (Å²) in [5.74, 6) is 0.625. The van der Waals surface area contributed by atoms with E-state index in [0.717, 1.165) is 11.1 Å². The number of hydrogen-bond donors (Lipinski definition) is 1. The Kier molecular flexibility index (Phi) is 3.62. The molecule has 2 unspecified atom stereocenters. The van der Waals surface area contributed by atoms with E-state index in [0.29, 0.717) is 22.3 Å².